The highest BCUT2D eigenvalue weighted by Crippen LogP contribution is 2.44. The predicted molar refractivity (Wildman–Crippen MR) is 148 cm³/mol. The van der Waals surface area contributed by atoms with Gasteiger partial charge in [-0.05, 0) is 85.6 Å². The van der Waals surface area contributed by atoms with Crippen LogP contribution in [0.3, 0.4) is 0 Å². The van der Waals surface area contributed by atoms with Crippen molar-refractivity contribution in [3.63, 3.8) is 0 Å². The number of carbonyl (C=O) groups is 1. The van der Waals surface area contributed by atoms with Crippen LogP contribution in [0.2, 0.25) is 0 Å². The molecule has 38 heavy (non-hydrogen) atoms. The van der Waals surface area contributed by atoms with Gasteiger partial charge in [0.1, 0.15) is 12.4 Å². The second-order valence-corrected chi connectivity index (χ2v) is 11.0. The van der Waals surface area contributed by atoms with E-state index in [1.165, 1.54) is 23.3 Å². The molecule has 0 atom stereocenters. The second-order valence-electron chi connectivity index (χ2n) is 11.0. The molecule has 0 aromatic heterocycles. The third-order valence-electron chi connectivity index (χ3n) is 7.92. The molecule has 0 bridgehead atoms. The van der Waals surface area contributed by atoms with Crippen LogP contribution in [-0.2, 0) is 14.0 Å². The standard InChI is InChI=1S/C31H33BFNO4/c1-20-14-15-23(33)17-21(20)16-22(32-37-30(2,3)31(4,5)38-32)18-34-29(35)36-19-28-26-12-8-6-10-24(26)25-11-7-9-13-27(25)28/h6-17,28H,18-19H2,1-5H3,(H,34,35). The van der Waals surface area contributed by atoms with Crippen LogP contribution in [0, 0.1) is 12.7 Å². The predicted octanol–water partition coefficient (Wildman–Crippen LogP) is 6.69. The summed E-state index contributed by atoms with van der Waals surface area (Å²) in [5.41, 5.74) is 5.81. The first-order valence-electron chi connectivity index (χ1n) is 13.0. The summed E-state index contributed by atoms with van der Waals surface area (Å²) in [5.74, 6) is -0.360. The molecule has 3 aromatic rings. The minimum atomic E-state index is -0.698. The molecular formula is C31H33BFNO4. The Bertz CT molecular complexity index is 1340. The van der Waals surface area contributed by atoms with Gasteiger partial charge in [0.05, 0.1) is 11.2 Å². The van der Waals surface area contributed by atoms with Gasteiger partial charge < -0.3 is 19.4 Å². The summed E-state index contributed by atoms with van der Waals surface area (Å²) < 4.78 is 32.2. The van der Waals surface area contributed by atoms with E-state index in [1.54, 1.807) is 6.07 Å². The summed E-state index contributed by atoms with van der Waals surface area (Å²) in [7, 11) is -0.698. The maximum Gasteiger partial charge on any atom is 0.492 e. The van der Waals surface area contributed by atoms with Gasteiger partial charge in [0, 0.05) is 12.5 Å². The molecule has 1 saturated heterocycles. The number of halogens is 1. The highest BCUT2D eigenvalue weighted by molar-refractivity contribution is 6.56. The normalized spacial score (nSPS) is 17.7. The number of carbonyl (C=O) groups excluding carboxylic acids is 1. The van der Waals surface area contributed by atoms with Crippen molar-refractivity contribution in [2.75, 3.05) is 13.2 Å². The van der Waals surface area contributed by atoms with Gasteiger partial charge in [0.2, 0.25) is 0 Å². The molecule has 7 heteroatoms. The maximum absolute atomic E-state index is 14.0. The smallest absolute Gasteiger partial charge is 0.449 e. The molecule has 0 saturated carbocycles. The van der Waals surface area contributed by atoms with E-state index in [4.69, 9.17) is 14.0 Å². The lowest BCUT2D eigenvalue weighted by Crippen LogP contribution is -2.41. The lowest BCUT2D eigenvalue weighted by Gasteiger charge is -2.32. The molecule has 3 aromatic carbocycles. The number of hydrogen-bond donors (Lipinski definition) is 1. The Labute approximate surface area is 224 Å². The first-order chi connectivity index (χ1) is 18.1. The molecule has 196 valence electrons. The summed E-state index contributed by atoms with van der Waals surface area (Å²) in [6.07, 6.45) is 1.29. The molecule has 5 nitrogen and oxygen atoms in total. The zero-order valence-corrected chi connectivity index (χ0v) is 22.5. The van der Waals surface area contributed by atoms with Gasteiger partial charge in [0.15, 0.2) is 0 Å². The monoisotopic (exact) mass is 513 g/mol. The number of amides is 1. The zero-order valence-electron chi connectivity index (χ0n) is 22.5. The van der Waals surface area contributed by atoms with Crippen molar-refractivity contribution < 1.29 is 23.2 Å². The Morgan fingerprint density at radius 1 is 0.974 bits per heavy atom. The molecule has 0 unspecified atom stereocenters. The number of aryl methyl sites for hydroxylation is 1. The van der Waals surface area contributed by atoms with Crippen molar-refractivity contribution in [2.24, 2.45) is 0 Å². The molecule has 1 heterocycles. The first-order valence-corrected chi connectivity index (χ1v) is 13.0. The molecule has 1 N–H and O–H groups in total. The third kappa shape index (κ3) is 5.01. The average molecular weight is 513 g/mol. The Morgan fingerprint density at radius 3 is 2.16 bits per heavy atom. The fourth-order valence-corrected chi connectivity index (χ4v) is 4.99. The van der Waals surface area contributed by atoms with Crippen LogP contribution in [0.4, 0.5) is 9.18 Å². The molecule has 1 aliphatic heterocycles. The molecular weight excluding hydrogens is 480 g/mol. The Morgan fingerprint density at radius 2 is 1.55 bits per heavy atom. The van der Waals surface area contributed by atoms with Crippen molar-refractivity contribution in [1.29, 1.82) is 0 Å². The number of nitrogens with one attached hydrogen (secondary N) is 1. The van der Waals surface area contributed by atoms with Crippen molar-refractivity contribution in [3.05, 3.63) is 100 Å². The van der Waals surface area contributed by atoms with Gasteiger partial charge in [-0.2, -0.15) is 0 Å². The molecule has 1 amide bonds. The Hall–Kier alpha value is -3.42. The minimum absolute atomic E-state index is 0.0267. The number of alkyl carbamates (subject to hydrolysis) is 1. The minimum Gasteiger partial charge on any atom is -0.449 e. The Kier molecular flexibility index (Phi) is 6.93. The van der Waals surface area contributed by atoms with Gasteiger partial charge in [-0.25, -0.2) is 9.18 Å². The fraction of sp³-hybridized carbons (Fsp3) is 0.323. The summed E-state index contributed by atoms with van der Waals surface area (Å²) in [6, 6.07) is 21.1. The van der Waals surface area contributed by atoms with Crippen molar-refractivity contribution in [1.82, 2.24) is 5.32 Å². The SMILES string of the molecule is Cc1ccc(F)cc1C=C(CNC(=O)OCC1c2ccccc2-c2ccccc21)B1OC(C)(C)C(C)(C)O1. The number of fused-ring (bicyclic) bond motifs is 3. The van der Waals surface area contributed by atoms with Crippen LogP contribution < -0.4 is 5.32 Å². The van der Waals surface area contributed by atoms with Crippen molar-refractivity contribution in [2.45, 2.75) is 51.7 Å². The fourth-order valence-electron chi connectivity index (χ4n) is 4.99. The molecule has 1 fully saturated rings. The summed E-state index contributed by atoms with van der Waals surface area (Å²) in [6.45, 7) is 10.1. The number of benzene rings is 3. The molecule has 5 rings (SSSR count). The van der Waals surface area contributed by atoms with Crippen LogP contribution >= 0.6 is 0 Å². The number of ether oxygens (including phenoxy) is 1. The average Bonchev–Trinajstić information content (AvgIpc) is 3.31. The molecule has 2 aliphatic rings. The summed E-state index contributed by atoms with van der Waals surface area (Å²) >= 11 is 0. The van der Waals surface area contributed by atoms with Crippen LogP contribution in [0.5, 0.6) is 0 Å². The van der Waals surface area contributed by atoms with E-state index < -0.39 is 24.4 Å². The molecule has 0 radical (unpaired) electrons. The quantitative estimate of drug-likeness (QED) is 0.374. The number of rotatable bonds is 6. The van der Waals surface area contributed by atoms with Crippen LogP contribution in [-0.4, -0.2) is 37.6 Å². The molecule has 0 spiro atoms. The molecule has 1 aliphatic carbocycles. The largest absolute Gasteiger partial charge is 0.492 e. The van der Waals surface area contributed by atoms with Gasteiger partial charge >= 0.3 is 13.2 Å². The highest BCUT2D eigenvalue weighted by atomic mass is 19.1. The topological polar surface area (TPSA) is 56.8 Å². The number of hydrogen-bond acceptors (Lipinski definition) is 4. The van der Waals surface area contributed by atoms with Crippen LogP contribution in [0.1, 0.15) is 55.9 Å². The van der Waals surface area contributed by atoms with Gasteiger partial charge in [0.25, 0.3) is 0 Å². The zero-order chi connectivity index (χ0) is 27.1. The van der Waals surface area contributed by atoms with E-state index in [9.17, 15) is 9.18 Å². The van der Waals surface area contributed by atoms with Crippen LogP contribution in [0.25, 0.3) is 17.2 Å². The highest BCUT2D eigenvalue weighted by Gasteiger charge is 2.52. The van der Waals surface area contributed by atoms with E-state index in [0.717, 1.165) is 16.7 Å². The summed E-state index contributed by atoms with van der Waals surface area (Å²) in [5, 5.41) is 2.86. The lowest BCUT2D eigenvalue weighted by molar-refractivity contribution is 0.00578. The third-order valence-corrected chi connectivity index (χ3v) is 7.92. The lowest BCUT2D eigenvalue weighted by atomic mass is 9.76. The van der Waals surface area contributed by atoms with Crippen molar-refractivity contribution in [3.8, 4) is 11.1 Å². The first kappa shape index (κ1) is 26.2. The second kappa shape index (κ2) is 10.0. The van der Waals surface area contributed by atoms with E-state index in [2.05, 4.69) is 29.6 Å². The van der Waals surface area contributed by atoms with Crippen molar-refractivity contribution >= 4 is 19.3 Å². The Balaban J connectivity index is 1.31. The maximum atomic E-state index is 14.0. The van der Waals surface area contributed by atoms with Gasteiger partial charge in [-0.3, -0.25) is 0 Å². The summed E-state index contributed by atoms with van der Waals surface area (Å²) in [4.78, 5) is 12.9. The van der Waals surface area contributed by atoms with E-state index >= 15 is 0 Å². The van der Waals surface area contributed by atoms with E-state index in [-0.39, 0.29) is 24.9 Å². The van der Waals surface area contributed by atoms with Gasteiger partial charge in [-0.1, -0.05) is 60.7 Å². The van der Waals surface area contributed by atoms with E-state index in [1.807, 2.05) is 65.0 Å². The van der Waals surface area contributed by atoms with Gasteiger partial charge in [-0.15, -0.1) is 0 Å². The van der Waals surface area contributed by atoms with Crippen LogP contribution in [0.15, 0.2) is 72.2 Å². The van der Waals surface area contributed by atoms with E-state index in [0.29, 0.717) is 11.0 Å².